The number of aromatic nitrogens is 2. The summed E-state index contributed by atoms with van der Waals surface area (Å²) in [6, 6.07) is 14.9. The van der Waals surface area contributed by atoms with Crippen molar-refractivity contribution in [2.24, 2.45) is 0 Å². The number of rotatable bonds is 9. The van der Waals surface area contributed by atoms with Crippen LogP contribution in [0.2, 0.25) is 5.02 Å². The normalized spacial score (nSPS) is 11.4. The van der Waals surface area contributed by atoms with Crippen molar-refractivity contribution in [1.82, 2.24) is 14.7 Å². The van der Waals surface area contributed by atoms with E-state index < -0.39 is 17.6 Å². The van der Waals surface area contributed by atoms with Gasteiger partial charge in [-0.2, -0.15) is 5.10 Å². The first-order valence-corrected chi connectivity index (χ1v) is 12.2. The summed E-state index contributed by atoms with van der Waals surface area (Å²) in [6.07, 6.45) is 2.58. The van der Waals surface area contributed by atoms with E-state index in [0.717, 1.165) is 25.0 Å². The van der Waals surface area contributed by atoms with Gasteiger partial charge in [-0.15, -0.1) is 0 Å². The van der Waals surface area contributed by atoms with Crippen molar-refractivity contribution < 1.29 is 14.0 Å². The predicted molar refractivity (Wildman–Crippen MR) is 138 cm³/mol. The summed E-state index contributed by atoms with van der Waals surface area (Å²) in [5, 5.41) is 8.06. The Balaban J connectivity index is 1.87. The molecule has 0 spiro atoms. The van der Waals surface area contributed by atoms with Crippen LogP contribution in [0, 0.1) is 5.82 Å². The van der Waals surface area contributed by atoms with Crippen LogP contribution >= 0.6 is 11.6 Å². The average Bonchev–Trinajstić information content (AvgIpc) is 3.22. The van der Waals surface area contributed by atoms with Gasteiger partial charge in [-0.1, -0.05) is 76.4 Å². The summed E-state index contributed by atoms with van der Waals surface area (Å²) in [4.78, 5) is 27.6. The van der Waals surface area contributed by atoms with Crippen molar-refractivity contribution in [3.63, 3.8) is 0 Å². The Hall–Kier alpha value is -3.19. The molecule has 0 aliphatic heterocycles. The van der Waals surface area contributed by atoms with Crippen molar-refractivity contribution in [1.29, 1.82) is 0 Å². The molecule has 3 aromatic rings. The Labute approximate surface area is 211 Å². The molecule has 1 heterocycles. The molecule has 0 atom stereocenters. The van der Waals surface area contributed by atoms with Gasteiger partial charge in [-0.25, -0.2) is 9.07 Å². The first kappa shape index (κ1) is 26.4. The molecule has 0 unspecified atom stereocenters. The van der Waals surface area contributed by atoms with E-state index in [1.165, 1.54) is 23.1 Å². The zero-order chi connectivity index (χ0) is 25.6. The second-order valence-electron chi connectivity index (χ2n) is 9.49. The number of nitrogens with one attached hydrogen (secondary N) is 1. The highest BCUT2D eigenvalue weighted by atomic mass is 35.5. The lowest BCUT2D eigenvalue weighted by atomic mass is 9.92. The summed E-state index contributed by atoms with van der Waals surface area (Å²) >= 11 is 6.41. The minimum atomic E-state index is -0.606. The molecule has 3 rings (SSSR count). The number of carbonyl (C=O) groups excluding carboxylic acids is 2. The molecule has 8 heteroatoms. The summed E-state index contributed by atoms with van der Waals surface area (Å²) in [5.41, 5.74) is 1.09. The van der Waals surface area contributed by atoms with E-state index >= 15 is 0 Å². The predicted octanol–water partition coefficient (Wildman–Crippen LogP) is 6.23. The van der Waals surface area contributed by atoms with Crippen molar-refractivity contribution in [2.75, 3.05) is 18.4 Å². The molecule has 0 fully saturated rings. The number of amides is 2. The zero-order valence-corrected chi connectivity index (χ0v) is 21.4. The molecule has 0 aliphatic rings. The third kappa shape index (κ3) is 6.69. The van der Waals surface area contributed by atoms with Gasteiger partial charge < -0.3 is 10.2 Å². The van der Waals surface area contributed by atoms with Gasteiger partial charge in [-0.3, -0.25) is 9.59 Å². The van der Waals surface area contributed by atoms with E-state index in [1.54, 1.807) is 22.9 Å². The third-order valence-corrected chi connectivity index (χ3v) is 5.90. The number of carbonyl (C=O) groups is 2. The number of nitrogens with zero attached hydrogens (tertiary/aromatic N) is 3. The van der Waals surface area contributed by atoms with Crippen molar-refractivity contribution in [3.8, 4) is 5.69 Å². The van der Waals surface area contributed by atoms with E-state index in [0.29, 0.717) is 23.1 Å². The molecule has 0 saturated heterocycles. The molecule has 35 heavy (non-hydrogen) atoms. The molecular formula is C27H32ClFN4O2. The number of anilines is 1. The molecule has 2 amide bonds. The summed E-state index contributed by atoms with van der Waals surface area (Å²) < 4.78 is 15.9. The topological polar surface area (TPSA) is 67.2 Å². The molecule has 0 radical (unpaired) electrons. The van der Waals surface area contributed by atoms with Crippen LogP contribution in [-0.2, 0) is 10.2 Å². The standard InChI is InChI=1S/C27H32ClFN4O2/c1-5-6-11-16-32(26(35)19-12-7-9-14-21(19)29)18-25(34)30-24-17-23(27(2,3)4)31-33(24)22-15-10-8-13-20(22)28/h7-10,12-15,17H,5-6,11,16,18H2,1-4H3,(H,30,34). The van der Waals surface area contributed by atoms with E-state index in [9.17, 15) is 14.0 Å². The smallest absolute Gasteiger partial charge is 0.257 e. The van der Waals surface area contributed by atoms with Crippen LogP contribution in [0.5, 0.6) is 0 Å². The fraction of sp³-hybridized carbons (Fsp3) is 0.370. The Morgan fingerprint density at radius 2 is 1.77 bits per heavy atom. The summed E-state index contributed by atoms with van der Waals surface area (Å²) in [5.74, 6) is -1.07. The Morgan fingerprint density at radius 1 is 1.09 bits per heavy atom. The second kappa shape index (κ2) is 11.5. The van der Waals surface area contributed by atoms with E-state index in [4.69, 9.17) is 11.6 Å². The molecule has 186 valence electrons. The lowest BCUT2D eigenvalue weighted by molar-refractivity contribution is -0.117. The first-order valence-electron chi connectivity index (χ1n) is 11.8. The number of para-hydroxylation sites is 1. The molecule has 6 nitrogen and oxygen atoms in total. The van der Waals surface area contributed by atoms with Gasteiger partial charge >= 0.3 is 0 Å². The molecule has 0 saturated carbocycles. The van der Waals surface area contributed by atoms with Crippen molar-refractivity contribution in [2.45, 2.75) is 52.4 Å². The van der Waals surface area contributed by atoms with Crippen LogP contribution in [0.3, 0.4) is 0 Å². The lowest BCUT2D eigenvalue weighted by Crippen LogP contribution is -2.39. The molecular weight excluding hydrogens is 467 g/mol. The number of unbranched alkanes of at least 4 members (excludes halogenated alkanes) is 2. The van der Waals surface area contributed by atoms with Crippen LogP contribution in [0.1, 0.15) is 63.0 Å². The molecule has 0 aliphatic carbocycles. The van der Waals surface area contributed by atoms with Gasteiger partial charge in [0, 0.05) is 18.0 Å². The molecule has 2 aromatic carbocycles. The van der Waals surface area contributed by atoms with Gasteiger partial charge in [0.25, 0.3) is 5.91 Å². The maximum Gasteiger partial charge on any atom is 0.257 e. The first-order chi connectivity index (χ1) is 16.6. The minimum absolute atomic E-state index is 0.0482. The monoisotopic (exact) mass is 498 g/mol. The molecule has 1 N–H and O–H groups in total. The fourth-order valence-electron chi connectivity index (χ4n) is 3.61. The van der Waals surface area contributed by atoms with Gasteiger partial charge in [0.2, 0.25) is 5.91 Å². The highest BCUT2D eigenvalue weighted by molar-refractivity contribution is 6.32. The summed E-state index contributed by atoms with van der Waals surface area (Å²) in [6.45, 7) is 8.28. The van der Waals surface area contributed by atoms with E-state index in [-0.39, 0.29) is 17.5 Å². The Morgan fingerprint density at radius 3 is 2.43 bits per heavy atom. The largest absolute Gasteiger partial charge is 0.329 e. The van der Waals surface area contributed by atoms with Gasteiger partial charge in [0.05, 0.1) is 22.0 Å². The molecule has 0 bridgehead atoms. The number of benzene rings is 2. The third-order valence-electron chi connectivity index (χ3n) is 5.58. The van der Waals surface area contributed by atoms with Crippen LogP contribution in [-0.4, -0.2) is 39.6 Å². The van der Waals surface area contributed by atoms with Crippen LogP contribution in [0.4, 0.5) is 10.2 Å². The Kier molecular flexibility index (Phi) is 8.67. The Bertz CT molecular complexity index is 1190. The highest BCUT2D eigenvalue weighted by Gasteiger charge is 2.25. The number of hydrogen-bond donors (Lipinski definition) is 1. The average molecular weight is 499 g/mol. The van der Waals surface area contributed by atoms with E-state index in [1.807, 2.05) is 39.0 Å². The minimum Gasteiger partial charge on any atom is -0.329 e. The quantitative estimate of drug-likeness (QED) is 0.355. The maximum absolute atomic E-state index is 14.3. The SMILES string of the molecule is CCCCCN(CC(=O)Nc1cc(C(C)(C)C)nn1-c1ccccc1Cl)C(=O)c1ccccc1F. The fourth-order valence-corrected chi connectivity index (χ4v) is 3.83. The lowest BCUT2D eigenvalue weighted by Gasteiger charge is -2.22. The van der Waals surface area contributed by atoms with Crippen molar-refractivity contribution in [3.05, 3.63) is 76.7 Å². The van der Waals surface area contributed by atoms with Crippen LogP contribution in [0.25, 0.3) is 5.69 Å². The maximum atomic E-state index is 14.3. The van der Waals surface area contributed by atoms with Crippen LogP contribution < -0.4 is 5.32 Å². The van der Waals surface area contributed by atoms with Gasteiger partial charge in [0.1, 0.15) is 18.2 Å². The highest BCUT2D eigenvalue weighted by Crippen LogP contribution is 2.29. The van der Waals surface area contributed by atoms with Gasteiger partial charge in [0.15, 0.2) is 0 Å². The number of hydrogen-bond acceptors (Lipinski definition) is 3. The zero-order valence-electron chi connectivity index (χ0n) is 20.6. The van der Waals surface area contributed by atoms with Crippen LogP contribution in [0.15, 0.2) is 54.6 Å². The summed E-state index contributed by atoms with van der Waals surface area (Å²) in [7, 11) is 0. The van der Waals surface area contributed by atoms with Gasteiger partial charge in [-0.05, 0) is 30.7 Å². The number of halogens is 2. The van der Waals surface area contributed by atoms with Crippen molar-refractivity contribution >= 4 is 29.2 Å². The van der Waals surface area contributed by atoms with E-state index in [2.05, 4.69) is 17.3 Å². The molecule has 1 aromatic heterocycles. The second-order valence-corrected chi connectivity index (χ2v) is 9.90.